The average Bonchev–Trinajstić information content (AvgIpc) is 2.68. The van der Waals surface area contributed by atoms with E-state index in [4.69, 9.17) is 14.7 Å². The van der Waals surface area contributed by atoms with Gasteiger partial charge in [0.05, 0.1) is 4.90 Å². The summed E-state index contributed by atoms with van der Waals surface area (Å²) in [4.78, 5) is 12.1. The van der Waals surface area contributed by atoms with Gasteiger partial charge in [0, 0.05) is 24.2 Å². The van der Waals surface area contributed by atoms with Crippen molar-refractivity contribution in [2.24, 2.45) is 0 Å². The Morgan fingerprint density at radius 1 is 1.19 bits per heavy atom. The number of amides is 1. The van der Waals surface area contributed by atoms with E-state index in [2.05, 4.69) is 0 Å². The van der Waals surface area contributed by atoms with Gasteiger partial charge in [-0.2, -0.15) is 0 Å². The molecule has 138 valence electrons. The first-order chi connectivity index (χ1) is 12.6. The van der Waals surface area contributed by atoms with Crippen LogP contribution in [0.2, 0.25) is 0 Å². The maximum Gasteiger partial charge on any atom is 0.245 e. The van der Waals surface area contributed by atoms with Crippen molar-refractivity contribution in [2.45, 2.75) is 24.3 Å². The summed E-state index contributed by atoms with van der Waals surface area (Å²) in [5.74, 6) is 0.629. The zero-order chi connectivity index (χ0) is 18.5. The Hall–Kier alpha value is -2.58. The molecule has 1 amide bonds. The summed E-state index contributed by atoms with van der Waals surface area (Å²) >= 11 is 0. The lowest BCUT2D eigenvalue weighted by molar-refractivity contribution is -0.129. The number of para-hydroxylation sites is 1. The van der Waals surface area contributed by atoms with Crippen LogP contribution in [0, 0.1) is 0 Å². The molecule has 8 heteroatoms. The van der Waals surface area contributed by atoms with Gasteiger partial charge in [-0.05, 0) is 31.2 Å². The van der Waals surface area contributed by atoms with E-state index in [1.165, 1.54) is 0 Å². The molecule has 0 spiro atoms. The van der Waals surface area contributed by atoms with E-state index in [-0.39, 0.29) is 6.42 Å². The molecule has 2 aromatic rings. The highest BCUT2D eigenvalue weighted by Crippen LogP contribution is 2.33. The molecular weight excluding hydrogens is 356 g/mol. The largest absolute Gasteiger partial charge is 0.486 e. The molecule has 0 bridgehead atoms. The number of hydrogen-bond donors (Lipinski definition) is 2. The summed E-state index contributed by atoms with van der Waals surface area (Å²) in [6.07, 6.45) is -0.0122. The molecule has 2 aromatic carbocycles. The minimum atomic E-state index is -1.58. The van der Waals surface area contributed by atoms with Gasteiger partial charge in [-0.1, -0.05) is 18.2 Å². The molecule has 0 radical (unpaired) electrons. The van der Waals surface area contributed by atoms with Crippen LogP contribution in [0.15, 0.2) is 53.4 Å². The first-order valence-corrected chi connectivity index (χ1v) is 9.29. The topological polar surface area (TPSA) is 88.1 Å². The average molecular weight is 376 g/mol. The molecule has 1 aliphatic heterocycles. The van der Waals surface area contributed by atoms with Gasteiger partial charge in [-0.25, -0.2) is 9.69 Å². The van der Waals surface area contributed by atoms with Crippen molar-refractivity contribution in [1.29, 1.82) is 0 Å². The van der Waals surface area contributed by atoms with Gasteiger partial charge < -0.3 is 9.47 Å². The summed E-state index contributed by atoms with van der Waals surface area (Å²) in [7, 11) is -1.58. The van der Waals surface area contributed by atoms with Crippen molar-refractivity contribution >= 4 is 22.6 Å². The summed E-state index contributed by atoms with van der Waals surface area (Å²) < 4.78 is 26.0. The third-order valence-electron chi connectivity index (χ3n) is 3.91. The third kappa shape index (κ3) is 3.97. The molecule has 3 rings (SSSR count). The van der Waals surface area contributed by atoms with Gasteiger partial charge >= 0.3 is 0 Å². The number of nitrogens with one attached hydrogen (secondary N) is 1. The number of ether oxygens (including phenoxy) is 2. The Balaban J connectivity index is 1.93. The van der Waals surface area contributed by atoms with E-state index in [1.54, 1.807) is 34.9 Å². The van der Waals surface area contributed by atoms with Crippen LogP contribution in [-0.2, 0) is 15.8 Å². The van der Waals surface area contributed by atoms with Crippen LogP contribution in [0.4, 0.5) is 5.69 Å². The number of carbonyl (C=O) groups excluding carboxylic acids is 1. The van der Waals surface area contributed by atoms with E-state index in [0.29, 0.717) is 35.3 Å². The lowest BCUT2D eigenvalue weighted by atomic mass is 10.2. The van der Waals surface area contributed by atoms with Gasteiger partial charge in [-0.15, -0.1) is 0 Å². The monoisotopic (exact) mass is 376 g/mol. The number of carbonyl (C=O) groups is 1. The normalized spacial score (nSPS) is 15.0. The predicted molar refractivity (Wildman–Crippen MR) is 96.8 cm³/mol. The van der Waals surface area contributed by atoms with Gasteiger partial charge in [-0.3, -0.25) is 14.3 Å². The fourth-order valence-corrected chi connectivity index (χ4v) is 4.07. The minimum absolute atomic E-state index is 0.0122. The first-order valence-electron chi connectivity index (χ1n) is 8.19. The maximum absolute atomic E-state index is 13.3. The van der Waals surface area contributed by atoms with E-state index < -0.39 is 22.9 Å². The lowest BCUT2D eigenvalue weighted by Gasteiger charge is -2.30. The van der Waals surface area contributed by atoms with Crippen LogP contribution in [0.5, 0.6) is 11.5 Å². The maximum atomic E-state index is 13.3. The molecule has 0 aliphatic carbocycles. The fraction of sp³-hybridized carbons (Fsp3) is 0.278. The smallest absolute Gasteiger partial charge is 0.245 e. The molecule has 0 saturated carbocycles. The van der Waals surface area contributed by atoms with Gasteiger partial charge in [0.15, 0.2) is 22.5 Å². The second-order valence-corrected chi connectivity index (χ2v) is 7.17. The van der Waals surface area contributed by atoms with E-state index in [9.17, 15) is 9.00 Å². The molecular formula is C18H20N2O5S. The molecule has 0 aromatic heterocycles. The number of fused-ring (bicyclic) bond motifs is 1. The molecule has 0 fully saturated rings. The summed E-state index contributed by atoms with van der Waals surface area (Å²) in [6.45, 7) is 2.70. The Morgan fingerprint density at radius 3 is 2.58 bits per heavy atom. The zero-order valence-electron chi connectivity index (χ0n) is 14.3. The van der Waals surface area contributed by atoms with Crippen LogP contribution < -0.4 is 19.3 Å². The molecule has 2 N–H and O–H groups in total. The van der Waals surface area contributed by atoms with Crippen LogP contribution >= 0.6 is 0 Å². The van der Waals surface area contributed by atoms with Gasteiger partial charge in [0.25, 0.3) is 0 Å². The van der Waals surface area contributed by atoms with E-state index in [1.807, 2.05) is 30.3 Å². The van der Waals surface area contributed by atoms with E-state index >= 15 is 0 Å². The summed E-state index contributed by atoms with van der Waals surface area (Å²) in [5, 5.41) is 8.80. The lowest BCUT2D eigenvalue weighted by Crippen LogP contribution is -2.38. The number of rotatable bonds is 6. The second kappa shape index (κ2) is 8.20. The van der Waals surface area contributed by atoms with Crippen molar-refractivity contribution in [1.82, 2.24) is 5.48 Å². The summed E-state index contributed by atoms with van der Waals surface area (Å²) in [6, 6.07) is 13.9. The van der Waals surface area contributed by atoms with Crippen molar-refractivity contribution < 1.29 is 23.7 Å². The Kier molecular flexibility index (Phi) is 5.75. The zero-order valence-corrected chi connectivity index (χ0v) is 15.1. The number of benzene rings is 2. The molecule has 26 heavy (non-hydrogen) atoms. The fourth-order valence-electron chi connectivity index (χ4n) is 2.73. The summed E-state index contributed by atoms with van der Waals surface area (Å²) in [5.41, 5.74) is 2.33. The second-order valence-electron chi connectivity index (χ2n) is 5.80. The van der Waals surface area contributed by atoms with Crippen LogP contribution in [0.25, 0.3) is 0 Å². The molecule has 1 heterocycles. The molecule has 0 saturated heterocycles. The Bertz CT molecular complexity index is 799. The van der Waals surface area contributed by atoms with E-state index in [0.717, 1.165) is 0 Å². The number of hydroxylamine groups is 1. The van der Waals surface area contributed by atoms with Crippen LogP contribution in [-0.4, -0.2) is 34.6 Å². The number of anilines is 1. The first kappa shape index (κ1) is 18.2. The van der Waals surface area contributed by atoms with Gasteiger partial charge in [0.2, 0.25) is 5.91 Å². The number of nitrogens with zero attached hydrogens (tertiary/aromatic N) is 1. The van der Waals surface area contributed by atoms with Crippen molar-refractivity contribution in [3.63, 3.8) is 0 Å². The SMILES string of the molecule is CC(CC(=O)NO)N(c1ccccc1)S(=O)c1ccc2c(c1)OCCO2. The highest BCUT2D eigenvalue weighted by molar-refractivity contribution is 7.86. The molecule has 2 atom stereocenters. The minimum Gasteiger partial charge on any atom is -0.486 e. The molecule has 1 aliphatic rings. The quantitative estimate of drug-likeness (QED) is 0.596. The number of hydrogen-bond acceptors (Lipinski definition) is 5. The predicted octanol–water partition coefficient (Wildman–Crippen LogP) is 2.27. The third-order valence-corrected chi connectivity index (χ3v) is 5.50. The van der Waals surface area contributed by atoms with Crippen molar-refractivity contribution in [3.8, 4) is 11.5 Å². The highest BCUT2D eigenvalue weighted by atomic mass is 32.2. The van der Waals surface area contributed by atoms with Crippen LogP contribution in [0.1, 0.15) is 13.3 Å². The standard InChI is InChI=1S/C18H20N2O5S/c1-13(11-18(21)19-22)20(14-5-3-2-4-6-14)26(23)15-7-8-16-17(12-15)25-10-9-24-16/h2-8,12-13,22H,9-11H2,1H3,(H,19,21). The van der Waals surface area contributed by atoms with Crippen molar-refractivity contribution in [2.75, 3.05) is 17.5 Å². The Morgan fingerprint density at radius 2 is 1.88 bits per heavy atom. The Labute approximate surface area is 154 Å². The van der Waals surface area contributed by atoms with Crippen LogP contribution in [0.3, 0.4) is 0 Å². The molecule has 2 unspecified atom stereocenters. The molecule has 7 nitrogen and oxygen atoms in total. The highest BCUT2D eigenvalue weighted by Gasteiger charge is 2.25. The van der Waals surface area contributed by atoms with Gasteiger partial charge in [0.1, 0.15) is 13.2 Å². The van der Waals surface area contributed by atoms with Crippen molar-refractivity contribution in [3.05, 3.63) is 48.5 Å².